The van der Waals surface area contributed by atoms with Crippen LogP contribution >= 0.6 is 0 Å². The topological polar surface area (TPSA) is 57.2 Å². The van der Waals surface area contributed by atoms with Gasteiger partial charge in [-0.2, -0.15) is 0 Å². The predicted molar refractivity (Wildman–Crippen MR) is 136 cm³/mol. The van der Waals surface area contributed by atoms with Gasteiger partial charge in [0.25, 0.3) is 0 Å². The van der Waals surface area contributed by atoms with Crippen LogP contribution in [0.15, 0.2) is 0 Å². The third kappa shape index (κ3) is 25.5. The second kappa shape index (κ2) is 26.5. The summed E-state index contributed by atoms with van der Waals surface area (Å²) in [6.07, 6.45) is 29.0. The molecule has 3 nitrogen and oxygen atoms in total. The molecule has 1 unspecified atom stereocenters. The molecule has 0 bridgehead atoms. The molecule has 0 aromatic carbocycles. The van der Waals surface area contributed by atoms with Crippen molar-refractivity contribution in [1.29, 1.82) is 0 Å². The number of rotatable bonds is 25. The summed E-state index contributed by atoms with van der Waals surface area (Å²) >= 11 is 0. The van der Waals surface area contributed by atoms with Gasteiger partial charge in [-0.15, -0.1) is 0 Å². The third-order valence-electron chi connectivity index (χ3n) is 6.67. The van der Waals surface area contributed by atoms with Crippen LogP contribution in [-0.4, -0.2) is 18.2 Å². The van der Waals surface area contributed by atoms with Crippen molar-refractivity contribution in [3.05, 3.63) is 0 Å². The molecular weight excluding hydrogens is 427 g/mol. The zero-order chi connectivity index (χ0) is 23.0. The van der Waals surface area contributed by atoms with Gasteiger partial charge in [-0.1, -0.05) is 155 Å². The van der Waals surface area contributed by atoms with Crippen LogP contribution < -0.4 is 29.6 Å². The maximum atomic E-state index is 11.5. The van der Waals surface area contributed by atoms with Crippen molar-refractivity contribution in [3.8, 4) is 0 Å². The molecular formula is C27H55NaO3S. The summed E-state index contributed by atoms with van der Waals surface area (Å²) in [6, 6.07) is 0. The average Bonchev–Trinajstić information content (AvgIpc) is 2.73. The van der Waals surface area contributed by atoms with E-state index in [2.05, 4.69) is 13.8 Å². The normalized spacial score (nSPS) is 12.6. The van der Waals surface area contributed by atoms with Crippen molar-refractivity contribution in [2.45, 2.75) is 173 Å². The van der Waals surface area contributed by atoms with Crippen LogP contribution in [0.4, 0.5) is 0 Å². The maximum Gasteiger partial charge on any atom is 1.00 e. The van der Waals surface area contributed by atoms with E-state index < -0.39 is 15.4 Å². The first-order valence-electron chi connectivity index (χ1n) is 14.0. The van der Waals surface area contributed by atoms with Crippen molar-refractivity contribution in [1.82, 2.24) is 0 Å². The Morgan fingerprint density at radius 3 is 0.906 bits per heavy atom. The summed E-state index contributed by atoms with van der Waals surface area (Å²) in [5.74, 6) is 0. The van der Waals surface area contributed by atoms with E-state index in [0.717, 1.165) is 25.7 Å². The predicted octanol–water partition coefficient (Wildman–Crippen LogP) is 6.31. The fourth-order valence-electron chi connectivity index (χ4n) is 4.51. The van der Waals surface area contributed by atoms with Crippen LogP contribution in [0.5, 0.6) is 0 Å². The van der Waals surface area contributed by atoms with Gasteiger partial charge >= 0.3 is 29.6 Å². The molecule has 0 aliphatic carbocycles. The number of hydrogen-bond acceptors (Lipinski definition) is 3. The Bertz CT molecular complexity index is 454. The van der Waals surface area contributed by atoms with Crippen molar-refractivity contribution in [2.24, 2.45) is 0 Å². The van der Waals surface area contributed by atoms with Crippen LogP contribution in [0, 0.1) is 0 Å². The molecule has 0 radical (unpaired) electrons. The van der Waals surface area contributed by atoms with Gasteiger partial charge in [-0.25, -0.2) is 8.42 Å². The Morgan fingerprint density at radius 1 is 0.469 bits per heavy atom. The molecule has 0 aliphatic heterocycles. The summed E-state index contributed by atoms with van der Waals surface area (Å²) in [6.45, 7) is 4.47. The SMILES string of the molecule is CCCCCCCCCCCCCCCCCCC(CCCCCCCC)S(=O)(=O)[O-].[Na+]. The molecule has 32 heavy (non-hydrogen) atoms. The number of unbranched alkanes of at least 4 members (excludes halogenated alkanes) is 20. The maximum absolute atomic E-state index is 11.5. The average molecular weight is 483 g/mol. The van der Waals surface area contributed by atoms with E-state index in [9.17, 15) is 13.0 Å². The minimum Gasteiger partial charge on any atom is -0.748 e. The summed E-state index contributed by atoms with van der Waals surface area (Å²) in [5.41, 5.74) is 0. The molecule has 188 valence electrons. The zero-order valence-corrected chi connectivity index (χ0v) is 25.0. The molecule has 0 N–H and O–H groups in total. The van der Waals surface area contributed by atoms with Crippen LogP contribution in [0.25, 0.3) is 0 Å². The molecule has 0 aromatic heterocycles. The molecule has 0 aromatic rings. The molecule has 0 fully saturated rings. The van der Waals surface area contributed by atoms with Gasteiger partial charge in [0.05, 0.1) is 10.1 Å². The second-order valence-corrected chi connectivity index (χ2v) is 11.4. The Morgan fingerprint density at radius 2 is 0.688 bits per heavy atom. The Kier molecular flexibility index (Phi) is 29.1. The fraction of sp³-hybridized carbons (Fsp3) is 1.00. The van der Waals surface area contributed by atoms with Gasteiger partial charge in [0.1, 0.15) is 0 Å². The van der Waals surface area contributed by atoms with Gasteiger partial charge < -0.3 is 4.55 Å². The second-order valence-electron chi connectivity index (χ2n) is 9.76. The van der Waals surface area contributed by atoms with Gasteiger partial charge in [0, 0.05) is 5.25 Å². The third-order valence-corrected chi connectivity index (χ3v) is 7.96. The van der Waals surface area contributed by atoms with E-state index in [1.807, 2.05) is 0 Å². The van der Waals surface area contributed by atoms with E-state index in [4.69, 9.17) is 0 Å². The van der Waals surface area contributed by atoms with E-state index in [1.54, 1.807) is 0 Å². The molecule has 0 rings (SSSR count). The van der Waals surface area contributed by atoms with Gasteiger partial charge in [0.15, 0.2) is 0 Å². The van der Waals surface area contributed by atoms with Crippen LogP contribution in [-0.2, 0) is 10.1 Å². The van der Waals surface area contributed by atoms with E-state index in [-0.39, 0.29) is 29.6 Å². The molecule has 0 aliphatic rings. The van der Waals surface area contributed by atoms with Crippen LogP contribution in [0.3, 0.4) is 0 Å². The molecule has 1 atom stereocenters. The van der Waals surface area contributed by atoms with Crippen molar-refractivity contribution in [2.75, 3.05) is 0 Å². The van der Waals surface area contributed by atoms with Crippen molar-refractivity contribution < 1.29 is 42.5 Å². The molecule has 0 amide bonds. The van der Waals surface area contributed by atoms with E-state index >= 15 is 0 Å². The smallest absolute Gasteiger partial charge is 0.748 e. The molecule has 0 spiro atoms. The van der Waals surface area contributed by atoms with Crippen LogP contribution in [0.1, 0.15) is 168 Å². The fourth-order valence-corrected chi connectivity index (χ4v) is 5.42. The van der Waals surface area contributed by atoms with E-state index in [0.29, 0.717) is 12.8 Å². The van der Waals surface area contributed by atoms with Gasteiger partial charge in [0.2, 0.25) is 0 Å². The molecule has 5 heteroatoms. The summed E-state index contributed by atoms with van der Waals surface area (Å²) in [4.78, 5) is 0. The zero-order valence-electron chi connectivity index (χ0n) is 22.2. The summed E-state index contributed by atoms with van der Waals surface area (Å²) in [5, 5.41) is -0.648. The molecule has 0 saturated heterocycles. The quantitative estimate of drug-likeness (QED) is 0.0870. The standard InChI is InChI=1S/C27H56O3S.Na/c1-3-5-7-9-11-12-13-14-15-16-17-18-19-20-22-24-26-27(31(28,29)30)25-23-21-10-8-6-4-2;/h27H,3-26H2,1-2H3,(H,28,29,30);/q;+1/p-1. The van der Waals surface area contributed by atoms with Gasteiger partial charge in [-0.3, -0.25) is 0 Å². The molecule has 0 saturated carbocycles. The summed E-state index contributed by atoms with van der Waals surface area (Å²) < 4.78 is 34.6. The minimum absolute atomic E-state index is 0. The van der Waals surface area contributed by atoms with Gasteiger partial charge in [-0.05, 0) is 12.8 Å². The molecule has 0 heterocycles. The summed E-state index contributed by atoms with van der Waals surface area (Å²) in [7, 11) is -4.13. The minimum atomic E-state index is -4.13. The van der Waals surface area contributed by atoms with Crippen LogP contribution in [0.2, 0.25) is 0 Å². The Balaban J connectivity index is 0. The van der Waals surface area contributed by atoms with Crippen molar-refractivity contribution >= 4 is 10.1 Å². The first-order valence-corrected chi connectivity index (χ1v) is 15.4. The number of hydrogen-bond donors (Lipinski definition) is 0. The Hall–Kier alpha value is 0.910. The van der Waals surface area contributed by atoms with E-state index in [1.165, 1.54) is 116 Å². The van der Waals surface area contributed by atoms with Crippen molar-refractivity contribution in [3.63, 3.8) is 0 Å². The Labute approximate surface area is 224 Å². The largest absolute Gasteiger partial charge is 1.00 e. The first kappa shape index (κ1) is 35.1. The first-order chi connectivity index (χ1) is 15.0. The monoisotopic (exact) mass is 482 g/mol.